The van der Waals surface area contributed by atoms with Gasteiger partial charge in [-0.15, -0.1) is 0 Å². The fourth-order valence-corrected chi connectivity index (χ4v) is 4.87. The molecule has 0 saturated carbocycles. The van der Waals surface area contributed by atoms with Crippen LogP contribution in [0.1, 0.15) is 117 Å². The summed E-state index contributed by atoms with van der Waals surface area (Å²) in [6.45, 7) is 4.52. The minimum Gasteiger partial charge on any atom is -0.334 e. The second-order valence-corrected chi connectivity index (χ2v) is 9.90. The molecule has 2 aromatic rings. The molecule has 0 saturated heterocycles. The van der Waals surface area contributed by atoms with Gasteiger partial charge in [0.05, 0.1) is 5.39 Å². The molecule has 186 valence electrons. The molecular weight excluding hydrogens is 430 g/mol. The molecule has 0 radical (unpaired) electrons. The van der Waals surface area contributed by atoms with Crippen molar-refractivity contribution in [2.24, 2.45) is 0 Å². The van der Waals surface area contributed by atoms with Gasteiger partial charge in [-0.25, -0.2) is 9.78 Å². The van der Waals surface area contributed by atoms with Crippen molar-refractivity contribution in [1.82, 2.24) is 20.1 Å². The van der Waals surface area contributed by atoms with E-state index in [0.717, 1.165) is 23.2 Å². The lowest BCUT2D eigenvalue weighted by atomic mass is 10.00. The number of nitrogens with zero attached hydrogens (tertiary/aromatic N) is 2. The first-order chi connectivity index (χ1) is 16.2. The third-order valence-electron chi connectivity index (χ3n) is 6.19. The lowest BCUT2D eigenvalue weighted by Gasteiger charge is -2.19. The van der Waals surface area contributed by atoms with Crippen LogP contribution < -0.4 is 16.2 Å². The molecule has 2 rings (SSSR count). The Labute approximate surface area is 204 Å². The predicted octanol–water partition coefficient (Wildman–Crippen LogP) is 7.97. The summed E-state index contributed by atoms with van der Waals surface area (Å²) in [6, 6.07) is 3.90. The van der Waals surface area contributed by atoms with E-state index in [2.05, 4.69) is 39.4 Å². The molecule has 2 amide bonds. The first-order valence-electron chi connectivity index (χ1n) is 13.3. The number of carbonyl (C=O) groups is 1. The molecule has 2 aromatic heterocycles. The largest absolute Gasteiger partial charge is 0.334 e. The van der Waals surface area contributed by atoms with Crippen LogP contribution in [0.2, 0.25) is 0 Å². The minimum atomic E-state index is -0.170. The number of hydrogen-bond acceptors (Lipinski definition) is 5. The lowest BCUT2D eigenvalue weighted by molar-refractivity contribution is 0.236. The first-order valence-corrected chi connectivity index (χ1v) is 14.0. The molecule has 33 heavy (non-hydrogen) atoms. The van der Waals surface area contributed by atoms with Gasteiger partial charge >= 0.3 is 6.03 Å². The Morgan fingerprint density at radius 2 is 1.45 bits per heavy atom. The second-order valence-electron chi connectivity index (χ2n) is 9.13. The topological polar surface area (TPSA) is 78.9 Å². The van der Waals surface area contributed by atoms with Gasteiger partial charge in [-0.3, -0.25) is 10.9 Å². The van der Waals surface area contributed by atoms with Crippen molar-refractivity contribution in [3.63, 3.8) is 0 Å². The summed E-state index contributed by atoms with van der Waals surface area (Å²) in [5.74, 6) is 0. The lowest BCUT2D eigenvalue weighted by Crippen LogP contribution is -2.44. The van der Waals surface area contributed by atoms with E-state index in [1.54, 1.807) is 6.20 Å². The number of hydrazine groups is 1. The molecule has 0 fully saturated rings. The fourth-order valence-electron chi connectivity index (χ4n) is 4.19. The van der Waals surface area contributed by atoms with Crippen LogP contribution in [0.15, 0.2) is 18.3 Å². The zero-order chi connectivity index (χ0) is 23.6. The predicted molar refractivity (Wildman–Crippen MR) is 142 cm³/mol. The van der Waals surface area contributed by atoms with E-state index in [-0.39, 0.29) is 12.1 Å². The van der Waals surface area contributed by atoms with E-state index >= 15 is 0 Å². The van der Waals surface area contributed by atoms with Gasteiger partial charge in [-0.2, -0.15) is 4.37 Å². The van der Waals surface area contributed by atoms with Gasteiger partial charge in [-0.05, 0) is 36.5 Å². The molecule has 7 heteroatoms. The first kappa shape index (κ1) is 27.4. The maximum Gasteiger partial charge on any atom is 0.333 e. The summed E-state index contributed by atoms with van der Waals surface area (Å²) in [7, 11) is 0. The zero-order valence-electron chi connectivity index (χ0n) is 20.8. The van der Waals surface area contributed by atoms with Crippen molar-refractivity contribution in [2.75, 3.05) is 5.43 Å². The van der Waals surface area contributed by atoms with Gasteiger partial charge < -0.3 is 5.32 Å². The molecule has 0 bridgehead atoms. The number of unbranched alkanes of at least 4 members (excludes halogenated alkanes) is 12. The van der Waals surface area contributed by atoms with Crippen molar-refractivity contribution >= 4 is 33.6 Å². The van der Waals surface area contributed by atoms with Gasteiger partial charge in [0.2, 0.25) is 0 Å². The summed E-state index contributed by atoms with van der Waals surface area (Å²) in [5, 5.41) is 4.94. The van der Waals surface area contributed by atoms with Crippen molar-refractivity contribution in [3.8, 4) is 0 Å². The maximum absolute atomic E-state index is 12.6. The zero-order valence-corrected chi connectivity index (χ0v) is 21.7. The minimum absolute atomic E-state index is 0.170. The number of amides is 2. The number of hydrogen-bond donors (Lipinski definition) is 3. The van der Waals surface area contributed by atoms with Gasteiger partial charge in [0, 0.05) is 12.2 Å². The number of anilines is 1. The van der Waals surface area contributed by atoms with Crippen molar-refractivity contribution in [3.05, 3.63) is 18.3 Å². The van der Waals surface area contributed by atoms with Gasteiger partial charge in [-0.1, -0.05) is 104 Å². The molecule has 0 spiro atoms. The maximum atomic E-state index is 12.6. The monoisotopic (exact) mass is 475 g/mol. The Morgan fingerprint density at radius 1 is 0.879 bits per heavy atom. The van der Waals surface area contributed by atoms with Gasteiger partial charge in [0.15, 0.2) is 5.65 Å². The van der Waals surface area contributed by atoms with Gasteiger partial charge in [0.25, 0.3) is 0 Å². The van der Waals surface area contributed by atoms with E-state index < -0.39 is 0 Å². The molecule has 1 atom stereocenters. The number of urea groups is 1. The quantitative estimate of drug-likeness (QED) is 0.142. The molecular formula is C26H45N5OS. The summed E-state index contributed by atoms with van der Waals surface area (Å²) in [4.78, 5) is 16.8. The molecule has 0 aromatic carbocycles. The SMILES string of the molecule is CCCCCCCCCCC(CCCCCCCC)NC(=O)NNc1snc2ncccc12. The van der Waals surface area contributed by atoms with Crippen LogP contribution in [0.25, 0.3) is 11.0 Å². The summed E-state index contributed by atoms with van der Waals surface area (Å²) < 4.78 is 4.31. The summed E-state index contributed by atoms with van der Waals surface area (Å²) >= 11 is 1.31. The van der Waals surface area contributed by atoms with E-state index in [0.29, 0.717) is 5.65 Å². The molecule has 2 heterocycles. The Bertz CT molecular complexity index is 766. The molecule has 3 N–H and O–H groups in total. The van der Waals surface area contributed by atoms with Crippen LogP contribution in [-0.4, -0.2) is 21.4 Å². The second kappa shape index (κ2) is 17.6. The Hall–Kier alpha value is -1.89. The number of rotatable bonds is 19. The fraction of sp³-hybridized carbons (Fsp3) is 0.731. The highest BCUT2D eigenvalue weighted by Gasteiger charge is 2.13. The molecule has 6 nitrogen and oxygen atoms in total. The van der Waals surface area contributed by atoms with Gasteiger partial charge in [0.1, 0.15) is 5.00 Å². The molecule has 0 aliphatic heterocycles. The normalized spacial score (nSPS) is 12.1. The van der Waals surface area contributed by atoms with E-state index in [4.69, 9.17) is 0 Å². The number of carbonyl (C=O) groups excluding carboxylic acids is 1. The molecule has 1 unspecified atom stereocenters. The smallest absolute Gasteiger partial charge is 0.333 e. The van der Waals surface area contributed by atoms with E-state index in [1.807, 2.05) is 12.1 Å². The Morgan fingerprint density at radius 3 is 2.06 bits per heavy atom. The summed E-state index contributed by atoms with van der Waals surface area (Å²) in [6.07, 6.45) is 22.0. The van der Waals surface area contributed by atoms with Crippen LogP contribution in [0.4, 0.5) is 9.80 Å². The number of nitrogens with one attached hydrogen (secondary N) is 3. The van der Waals surface area contributed by atoms with Crippen molar-refractivity contribution in [2.45, 2.75) is 123 Å². The van der Waals surface area contributed by atoms with Crippen LogP contribution in [0.5, 0.6) is 0 Å². The van der Waals surface area contributed by atoms with Crippen LogP contribution in [0.3, 0.4) is 0 Å². The van der Waals surface area contributed by atoms with Crippen LogP contribution >= 0.6 is 11.5 Å². The van der Waals surface area contributed by atoms with Crippen LogP contribution in [-0.2, 0) is 0 Å². The molecule has 0 aliphatic rings. The van der Waals surface area contributed by atoms with Crippen molar-refractivity contribution < 1.29 is 4.79 Å². The number of fused-ring (bicyclic) bond motifs is 1. The molecule has 0 aliphatic carbocycles. The highest BCUT2D eigenvalue weighted by Crippen LogP contribution is 2.25. The number of pyridine rings is 1. The highest BCUT2D eigenvalue weighted by molar-refractivity contribution is 7.11. The van der Waals surface area contributed by atoms with Crippen LogP contribution in [0, 0.1) is 0 Å². The van der Waals surface area contributed by atoms with Crippen molar-refractivity contribution in [1.29, 1.82) is 0 Å². The standard InChI is InChI=1S/C26H45N5OS/c1-3-5-7-9-11-12-14-16-19-22(18-15-13-10-8-6-4-2)28-26(32)30-29-25-23-20-17-21-27-24(23)31-33-25/h17,20-22,29H,3-16,18-19H2,1-2H3,(H2,28,30,32). The van der Waals surface area contributed by atoms with E-state index in [9.17, 15) is 4.79 Å². The highest BCUT2D eigenvalue weighted by atomic mass is 32.1. The summed E-state index contributed by atoms with van der Waals surface area (Å²) in [5.41, 5.74) is 6.51. The third-order valence-corrected chi connectivity index (χ3v) is 6.96. The van der Waals surface area contributed by atoms with E-state index in [1.165, 1.54) is 101 Å². The Kier molecular flexibility index (Phi) is 14.6. The average Bonchev–Trinajstić information content (AvgIpc) is 3.24. The number of aromatic nitrogens is 2. The average molecular weight is 476 g/mol. The third kappa shape index (κ3) is 11.7. The Balaban J connectivity index is 1.71.